The minimum atomic E-state index is -0.438. The van der Waals surface area contributed by atoms with Gasteiger partial charge in [-0.2, -0.15) is 0 Å². The minimum absolute atomic E-state index is 0.155. The molecule has 0 fully saturated rings. The highest BCUT2D eigenvalue weighted by Gasteiger charge is 2.04. The fourth-order valence-corrected chi connectivity index (χ4v) is 0.905. The zero-order valence-electron chi connectivity index (χ0n) is 10.8. The normalized spacial score (nSPS) is 11.5. The van der Waals surface area contributed by atoms with Gasteiger partial charge in [-0.3, -0.25) is 0 Å². The fraction of sp³-hybridized carbons (Fsp3) is 0.667. The van der Waals surface area contributed by atoms with Crippen LogP contribution in [0.3, 0.4) is 0 Å². The molecule has 0 bridgehead atoms. The van der Waals surface area contributed by atoms with Crippen LogP contribution in [0.15, 0.2) is 12.2 Å². The molecule has 0 aromatic heterocycles. The van der Waals surface area contributed by atoms with Gasteiger partial charge in [0.15, 0.2) is 0 Å². The summed E-state index contributed by atoms with van der Waals surface area (Å²) in [5.41, 5.74) is 0.353. The molecule has 0 aliphatic heterocycles. The third kappa shape index (κ3) is 8.30. The summed E-state index contributed by atoms with van der Waals surface area (Å²) >= 11 is 0. The Morgan fingerprint density at radius 2 is 2.00 bits per heavy atom. The number of rotatable bonds is 7. The summed E-state index contributed by atoms with van der Waals surface area (Å²) in [5, 5.41) is 5.34. The van der Waals surface area contributed by atoms with Crippen molar-refractivity contribution in [3.8, 4) is 0 Å². The third-order valence-electron chi connectivity index (χ3n) is 2.28. The maximum Gasteiger partial charge on any atom is 0.333 e. The Bertz CT molecular complexity index is 277. The predicted molar refractivity (Wildman–Crippen MR) is 66.6 cm³/mol. The fourth-order valence-electron chi connectivity index (χ4n) is 0.905. The molecule has 0 saturated carbocycles. The molecule has 0 aliphatic rings. The molecular weight excluding hydrogens is 220 g/mol. The Kier molecular flexibility index (Phi) is 7.84. The topological polar surface area (TPSA) is 67.4 Å². The molecular formula is C12H22N2O3. The molecule has 98 valence electrons. The van der Waals surface area contributed by atoms with Gasteiger partial charge < -0.3 is 15.4 Å². The number of carbonyl (C=O) groups excluding carboxylic acids is 2. The third-order valence-corrected chi connectivity index (χ3v) is 2.28. The smallest absolute Gasteiger partial charge is 0.333 e. The van der Waals surface area contributed by atoms with Crippen LogP contribution < -0.4 is 10.6 Å². The van der Waals surface area contributed by atoms with Crippen LogP contribution >= 0.6 is 0 Å². The molecule has 2 N–H and O–H groups in total. The van der Waals surface area contributed by atoms with E-state index in [1.807, 2.05) is 0 Å². The molecule has 0 radical (unpaired) electrons. The van der Waals surface area contributed by atoms with Crippen LogP contribution in [-0.2, 0) is 9.53 Å². The molecule has 0 spiro atoms. The molecule has 2 amide bonds. The quantitative estimate of drug-likeness (QED) is 0.403. The van der Waals surface area contributed by atoms with E-state index in [0.717, 1.165) is 6.42 Å². The minimum Gasteiger partial charge on any atom is -0.460 e. The second-order valence-corrected chi connectivity index (χ2v) is 4.07. The highest BCUT2D eigenvalue weighted by atomic mass is 16.5. The van der Waals surface area contributed by atoms with E-state index >= 15 is 0 Å². The van der Waals surface area contributed by atoms with E-state index in [-0.39, 0.29) is 12.6 Å². The second kappa shape index (κ2) is 8.61. The van der Waals surface area contributed by atoms with Crippen molar-refractivity contribution >= 4 is 12.0 Å². The molecule has 0 rings (SSSR count). The number of nitrogens with one attached hydrogen (secondary N) is 2. The van der Waals surface area contributed by atoms with Crippen molar-refractivity contribution < 1.29 is 14.3 Å². The monoisotopic (exact) mass is 242 g/mol. The van der Waals surface area contributed by atoms with Gasteiger partial charge in [0.1, 0.15) is 6.61 Å². The summed E-state index contributed by atoms with van der Waals surface area (Å²) in [5.74, 6) is 0.0220. The van der Waals surface area contributed by atoms with Gasteiger partial charge in [-0.25, -0.2) is 9.59 Å². The van der Waals surface area contributed by atoms with Crippen LogP contribution in [0.4, 0.5) is 4.79 Å². The lowest BCUT2D eigenvalue weighted by molar-refractivity contribution is -0.138. The van der Waals surface area contributed by atoms with E-state index in [4.69, 9.17) is 4.74 Å². The highest BCUT2D eigenvalue weighted by Crippen LogP contribution is 1.96. The summed E-state index contributed by atoms with van der Waals surface area (Å²) in [4.78, 5) is 22.3. The van der Waals surface area contributed by atoms with E-state index in [2.05, 4.69) is 31.1 Å². The molecule has 5 nitrogen and oxygen atoms in total. The Hall–Kier alpha value is -1.52. The van der Waals surface area contributed by atoms with E-state index in [0.29, 0.717) is 24.6 Å². The number of esters is 1. The standard InChI is InChI=1S/C12H22N2O3/c1-5-10(4)8-14-12(16)13-6-7-17-11(15)9(2)3/h10H,2,5-8H2,1,3-4H3,(H2,13,14,16). The Labute approximate surface area is 103 Å². The van der Waals surface area contributed by atoms with Crippen LogP contribution in [0.1, 0.15) is 27.2 Å². The zero-order valence-corrected chi connectivity index (χ0v) is 10.8. The number of carbonyl (C=O) groups is 2. The maximum absolute atomic E-state index is 11.3. The van der Waals surface area contributed by atoms with Crippen molar-refractivity contribution in [3.05, 3.63) is 12.2 Å². The number of hydrogen-bond donors (Lipinski definition) is 2. The van der Waals surface area contributed by atoms with E-state index in [9.17, 15) is 9.59 Å². The van der Waals surface area contributed by atoms with Gasteiger partial charge in [0.2, 0.25) is 0 Å². The number of amides is 2. The average molecular weight is 242 g/mol. The predicted octanol–water partition coefficient (Wildman–Crippen LogP) is 1.45. The van der Waals surface area contributed by atoms with Crippen molar-refractivity contribution in [1.29, 1.82) is 0 Å². The van der Waals surface area contributed by atoms with Gasteiger partial charge in [0.05, 0.1) is 6.54 Å². The lowest BCUT2D eigenvalue weighted by atomic mass is 10.1. The van der Waals surface area contributed by atoms with Gasteiger partial charge in [-0.15, -0.1) is 0 Å². The van der Waals surface area contributed by atoms with Crippen molar-refractivity contribution in [1.82, 2.24) is 10.6 Å². The first kappa shape index (κ1) is 15.5. The van der Waals surface area contributed by atoms with Crippen molar-refractivity contribution in [2.75, 3.05) is 19.7 Å². The average Bonchev–Trinajstić information content (AvgIpc) is 2.30. The van der Waals surface area contributed by atoms with Gasteiger partial charge in [0.25, 0.3) is 0 Å². The zero-order chi connectivity index (χ0) is 13.3. The molecule has 0 saturated heterocycles. The molecule has 0 heterocycles. The summed E-state index contributed by atoms with van der Waals surface area (Å²) in [7, 11) is 0. The van der Waals surface area contributed by atoms with E-state index < -0.39 is 5.97 Å². The first-order valence-corrected chi connectivity index (χ1v) is 5.81. The largest absolute Gasteiger partial charge is 0.460 e. The molecule has 0 aromatic rings. The van der Waals surface area contributed by atoms with E-state index in [1.165, 1.54) is 0 Å². The Balaban J connectivity index is 3.52. The van der Waals surface area contributed by atoms with Gasteiger partial charge in [-0.05, 0) is 12.8 Å². The number of urea groups is 1. The molecule has 0 aromatic carbocycles. The summed E-state index contributed by atoms with van der Waals surface area (Å²) < 4.78 is 4.82. The van der Waals surface area contributed by atoms with E-state index in [1.54, 1.807) is 6.92 Å². The van der Waals surface area contributed by atoms with Crippen LogP contribution in [0.25, 0.3) is 0 Å². The van der Waals surface area contributed by atoms with Crippen molar-refractivity contribution in [2.24, 2.45) is 5.92 Å². The van der Waals surface area contributed by atoms with Crippen molar-refractivity contribution in [2.45, 2.75) is 27.2 Å². The van der Waals surface area contributed by atoms with Crippen LogP contribution in [0.5, 0.6) is 0 Å². The first-order valence-electron chi connectivity index (χ1n) is 5.81. The molecule has 0 aliphatic carbocycles. The highest BCUT2D eigenvalue weighted by molar-refractivity contribution is 5.86. The molecule has 1 atom stereocenters. The second-order valence-electron chi connectivity index (χ2n) is 4.07. The summed E-state index contributed by atoms with van der Waals surface area (Å²) in [6.45, 7) is 10.3. The first-order chi connectivity index (χ1) is 7.97. The number of ether oxygens (including phenoxy) is 1. The van der Waals surface area contributed by atoms with Crippen LogP contribution in [-0.4, -0.2) is 31.7 Å². The van der Waals surface area contributed by atoms with Gasteiger partial charge >= 0.3 is 12.0 Å². The Morgan fingerprint density at radius 1 is 1.35 bits per heavy atom. The summed E-state index contributed by atoms with van der Waals surface area (Å²) in [6.07, 6.45) is 1.02. The lowest BCUT2D eigenvalue weighted by Crippen LogP contribution is -2.39. The summed E-state index contributed by atoms with van der Waals surface area (Å²) in [6, 6.07) is -0.239. The lowest BCUT2D eigenvalue weighted by Gasteiger charge is -2.11. The van der Waals surface area contributed by atoms with Crippen molar-refractivity contribution in [3.63, 3.8) is 0 Å². The van der Waals surface area contributed by atoms with Crippen LogP contribution in [0.2, 0.25) is 0 Å². The van der Waals surface area contributed by atoms with Gasteiger partial charge in [-0.1, -0.05) is 26.8 Å². The number of hydrogen-bond acceptors (Lipinski definition) is 3. The molecule has 1 unspecified atom stereocenters. The van der Waals surface area contributed by atoms with Crippen LogP contribution in [0, 0.1) is 5.92 Å². The SMILES string of the molecule is C=C(C)C(=O)OCCNC(=O)NCC(C)CC. The maximum atomic E-state index is 11.3. The molecule has 5 heteroatoms. The molecule has 17 heavy (non-hydrogen) atoms. The van der Waals surface area contributed by atoms with Gasteiger partial charge in [0, 0.05) is 12.1 Å². The Morgan fingerprint density at radius 3 is 2.53 bits per heavy atom.